The van der Waals surface area contributed by atoms with Gasteiger partial charge >= 0.3 is 5.97 Å². The number of carbonyl (C=O) groups is 1. The monoisotopic (exact) mass is 411 g/mol. The minimum atomic E-state index is -3.76. The number of sulfonamides is 1. The van der Waals surface area contributed by atoms with Crippen LogP contribution in [0.15, 0.2) is 15.5 Å². The first-order chi connectivity index (χ1) is 12.9. The summed E-state index contributed by atoms with van der Waals surface area (Å²) in [4.78, 5) is 17.2. The molecule has 0 amide bonds. The Morgan fingerprint density at radius 1 is 1.33 bits per heavy atom. The molecule has 10 heteroatoms. The minimum Gasteiger partial charge on any atom is -0.481 e. The van der Waals surface area contributed by atoms with Crippen LogP contribution in [0.2, 0.25) is 0 Å². The maximum Gasteiger partial charge on any atom is 0.307 e. The molecular formula is C17H21N3O5S2. The maximum absolute atomic E-state index is 13.1. The summed E-state index contributed by atoms with van der Waals surface area (Å²) in [6.45, 7) is 2.09. The second-order valence-electron chi connectivity index (χ2n) is 7.16. The van der Waals surface area contributed by atoms with Gasteiger partial charge in [0, 0.05) is 23.9 Å². The van der Waals surface area contributed by atoms with Crippen LogP contribution in [0.3, 0.4) is 0 Å². The van der Waals surface area contributed by atoms with Crippen molar-refractivity contribution in [3.63, 3.8) is 0 Å². The Morgan fingerprint density at radius 3 is 2.78 bits per heavy atom. The topological polar surface area (TPSA) is 114 Å². The molecule has 2 aromatic rings. The second-order valence-corrected chi connectivity index (χ2v) is 10.3. The first kappa shape index (κ1) is 18.6. The van der Waals surface area contributed by atoms with Gasteiger partial charge in [0.25, 0.3) is 0 Å². The molecule has 0 unspecified atom stereocenters. The van der Waals surface area contributed by atoms with Gasteiger partial charge in [-0.25, -0.2) is 8.42 Å². The van der Waals surface area contributed by atoms with Gasteiger partial charge in [0.1, 0.15) is 0 Å². The first-order valence-corrected chi connectivity index (χ1v) is 11.3. The van der Waals surface area contributed by atoms with E-state index in [1.807, 2.05) is 0 Å². The number of carboxylic acid groups (broad SMARTS) is 1. The van der Waals surface area contributed by atoms with E-state index in [1.165, 1.54) is 15.6 Å². The number of hydrogen-bond acceptors (Lipinski definition) is 7. The van der Waals surface area contributed by atoms with E-state index in [2.05, 4.69) is 10.1 Å². The summed E-state index contributed by atoms with van der Waals surface area (Å²) in [6, 6.07) is 1.58. The van der Waals surface area contributed by atoms with Crippen LogP contribution in [0.25, 0.3) is 10.7 Å². The van der Waals surface area contributed by atoms with E-state index in [0.29, 0.717) is 46.8 Å². The predicted molar refractivity (Wildman–Crippen MR) is 98.1 cm³/mol. The number of aryl methyl sites for hydroxylation is 1. The third-order valence-electron chi connectivity index (χ3n) is 5.34. The van der Waals surface area contributed by atoms with E-state index < -0.39 is 21.9 Å². The summed E-state index contributed by atoms with van der Waals surface area (Å²) >= 11 is 1.31. The molecule has 2 aromatic heterocycles. The summed E-state index contributed by atoms with van der Waals surface area (Å²) in [6.07, 6.45) is 4.30. The van der Waals surface area contributed by atoms with E-state index in [9.17, 15) is 18.3 Å². The van der Waals surface area contributed by atoms with Gasteiger partial charge in [0.05, 0.1) is 15.7 Å². The summed E-state index contributed by atoms with van der Waals surface area (Å²) in [5.41, 5.74) is 0. The SMILES string of the molecule is Cc1sc(-c2noc(C3CCC3)n2)cc1S(=O)(=O)N1CCC[C@H](C(=O)O)C1. The number of rotatable bonds is 5. The minimum absolute atomic E-state index is 0.0102. The molecule has 1 aliphatic heterocycles. The van der Waals surface area contributed by atoms with Gasteiger partial charge in [-0.2, -0.15) is 9.29 Å². The Labute approximate surface area is 161 Å². The molecule has 146 valence electrons. The number of aromatic nitrogens is 2. The maximum atomic E-state index is 13.1. The number of nitrogens with zero attached hydrogens (tertiary/aromatic N) is 3. The molecule has 2 fully saturated rings. The third kappa shape index (κ3) is 3.41. The number of thiophene rings is 1. The fourth-order valence-electron chi connectivity index (χ4n) is 3.49. The van der Waals surface area contributed by atoms with E-state index in [0.717, 1.165) is 19.3 Å². The van der Waals surface area contributed by atoms with Crippen molar-refractivity contribution in [3.8, 4) is 10.7 Å². The van der Waals surface area contributed by atoms with E-state index in [4.69, 9.17) is 4.52 Å². The first-order valence-electron chi connectivity index (χ1n) is 9.03. The average Bonchev–Trinajstić information content (AvgIpc) is 3.20. The smallest absolute Gasteiger partial charge is 0.307 e. The van der Waals surface area contributed by atoms with Crippen LogP contribution in [0, 0.1) is 12.8 Å². The van der Waals surface area contributed by atoms with Crippen molar-refractivity contribution in [1.29, 1.82) is 0 Å². The summed E-state index contributed by atoms with van der Waals surface area (Å²) in [5.74, 6) is -0.264. The molecular weight excluding hydrogens is 390 g/mol. The molecule has 1 N–H and O–H groups in total. The summed E-state index contributed by atoms with van der Waals surface area (Å²) in [7, 11) is -3.76. The van der Waals surface area contributed by atoms with Crippen molar-refractivity contribution in [1.82, 2.24) is 14.4 Å². The molecule has 8 nitrogen and oxygen atoms in total. The highest BCUT2D eigenvalue weighted by atomic mass is 32.2. The van der Waals surface area contributed by atoms with Gasteiger partial charge in [-0.3, -0.25) is 4.79 Å². The van der Waals surface area contributed by atoms with Crippen molar-refractivity contribution in [3.05, 3.63) is 16.8 Å². The average molecular weight is 412 g/mol. The van der Waals surface area contributed by atoms with Crippen molar-refractivity contribution in [2.75, 3.05) is 13.1 Å². The molecule has 0 bridgehead atoms. The molecule has 0 spiro atoms. The number of aliphatic carboxylic acids is 1. The van der Waals surface area contributed by atoms with Gasteiger partial charge < -0.3 is 9.63 Å². The lowest BCUT2D eigenvalue weighted by Gasteiger charge is -2.29. The number of carboxylic acids is 1. The Hall–Kier alpha value is -1.78. The highest BCUT2D eigenvalue weighted by molar-refractivity contribution is 7.89. The quantitative estimate of drug-likeness (QED) is 0.804. The van der Waals surface area contributed by atoms with Crippen molar-refractivity contribution >= 4 is 27.3 Å². The van der Waals surface area contributed by atoms with Gasteiger partial charge in [-0.15, -0.1) is 11.3 Å². The lowest BCUT2D eigenvalue weighted by atomic mass is 9.85. The van der Waals surface area contributed by atoms with E-state index in [1.54, 1.807) is 13.0 Å². The summed E-state index contributed by atoms with van der Waals surface area (Å²) < 4.78 is 32.7. The van der Waals surface area contributed by atoms with Crippen LogP contribution in [-0.2, 0) is 14.8 Å². The van der Waals surface area contributed by atoms with Crippen molar-refractivity contribution < 1.29 is 22.8 Å². The second kappa shape index (κ2) is 6.99. The van der Waals surface area contributed by atoms with Gasteiger partial charge in [0.15, 0.2) is 0 Å². The van der Waals surface area contributed by atoms with Crippen molar-refractivity contribution in [2.24, 2.45) is 5.92 Å². The van der Waals surface area contributed by atoms with Gasteiger partial charge in [0.2, 0.25) is 21.7 Å². The van der Waals surface area contributed by atoms with Crippen LogP contribution < -0.4 is 0 Å². The van der Waals surface area contributed by atoms with Crippen LogP contribution in [0.5, 0.6) is 0 Å². The standard InChI is InChI=1S/C17H21N3O5S2/c1-10-14(27(23,24)20-7-3-6-12(9-20)17(21)22)8-13(26-10)15-18-16(25-19-15)11-4-2-5-11/h8,11-12H,2-7,9H2,1H3,(H,21,22)/t12-/m0/s1. The largest absolute Gasteiger partial charge is 0.481 e. The Morgan fingerprint density at radius 2 is 2.11 bits per heavy atom. The van der Waals surface area contributed by atoms with Gasteiger partial charge in [-0.1, -0.05) is 11.6 Å². The zero-order valence-corrected chi connectivity index (χ0v) is 16.6. The summed E-state index contributed by atoms with van der Waals surface area (Å²) in [5, 5.41) is 13.2. The molecule has 1 atom stereocenters. The molecule has 4 rings (SSSR count). The zero-order valence-electron chi connectivity index (χ0n) is 14.9. The van der Waals surface area contributed by atoms with E-state index in [-0.39, 0.29) is 11.4 Å². The van der Waals surface area contributed by atoms with Crippen LogP contribution in [0.1, 0.15) is 48.8 Å². The number of hydrogen-bond donors (Lipinski definition) is 1. The zero-order chi connectivity index (χ0) is 19.2. The van der Waals surface area contributed by atoms with E-state index >= 15 is 0 Å². The third-order valence-corrected chi connectivity index (χ3v) is 8.51. The Kier molecular flexibility index (Phi) is 4.81. The molecule has 3 heterocycles. The molecule has 1 saturated carbocycles. The molecule has 0 aromatic carbocycles. The Bertz CT molecular complexity index is 961. The molecule has 27 heavy (non-hydrogen) atoms. The Balaban J connectivity index is 1.60. The molecule has 0 radical (unpaired) electrons. The number of piperidine rings is 1. The van der Waals surface area contributed by atoms with Crippen LogP contribution >= 0.6 is 11.3 Å². The van der Waals surface area contributed by atoms with Crippen molar-refractivity contribution in [2.45, 2.75) is 49.8 Å². The highest BCUT2D eigenvalue weighted by Gasteiger charge is 2.35. The lowest BCUT2D eigenvalue weighted by molar-refractivity contribution is -0.142. The fraction of sp³-hybridized carbons (Fsp3) is 0.588. The molecule has 1 saturated heterocycles. The fourth-order valence-corrected chi connectivity index (χ4v) is 6.50. The van der Waals surface area contributed by atoms with Gasteiger partial charge in [-0.05, 0) is 38.7 Å². The molecule has 1 aliphatic carbocycles. The predicted octanol–water partition coefficient (Wildman–Crippen LogP) is 2.86. The normalized spacial score (nSPS) is 21.9. The highest BCUT2D eigenvalue weighted by Crippen LogP contribution is 2.38. The lowest BCUT2D eigenvalue weighted by Crippen LogP contribution is -2.42. The van der Waals surface area contributed by atoms with Crippen LogP contribution in [-0.4, -0.2) is 47.0 Å². The van der Waals surface area contributed by atoms with Crippen LogP contribution in [0.4, 0.5) is 0 Å². The molecule has 2 aliphatic rings.